The number of sulfonamides is 1. The minimum absolute atomic E-state index is 0.257. The molecule has 4 rings (SSSR count). The van der Waals surface area contributed by atoms with E-state index >= 15 is 0 Å². The molecule has 0 aliphatic heterocycles. The third-order valence-electron chi connectivity index (χ3n) is 4.34. The molecule has 4 aromatic rings. The lowest BCUT2D eigenvalue weighted by atomic mass is 10.3. The summed E-state index contributed by atoms with van der Waals surface area (Å²) < 4.78 is 55.3. The molecular weight excluding hydrogens is 426 g/mol. The first-order valence-corrected chi connectivity index (χ1v) is 10.5. The van der Waals surface area contributed by atoms with Crippen molar-refractivity contribution in [3.05, 3.63) is 84.7 Å². The van der Waals surface area contributed by atoms with Crippen molar-refractivity contribution in [1.29, 1.82) is 0 Å². The first-order valence-electron chi connectivity index (χ1n) is 8.99. The first kappa shape index (κ1) is 20.4. The summed E-state index contributed by atoms with van der Waals surface area (Å²) in [6, 6.07) is 10.5. The predicted molar refractivity (Wildman–Crippen MR) is 111 cm³/mol. The molecule has 8 nitrogen and oxygen atoms in total. The van der Waals surface area contributed by atoms with Crippen LogP contribution in [0.4, 0.5) is 26.0 Å². The molecule has 0 aliphatic carbocycles. The molecule has 0 unspecified atom stereocenters. The molecule has 2 N–H and O–H groups in total. The van der Waals surface area contributed by atoms with E-state index in [4.69, 9.17) is 0 Å². The summed E-state index contributed by atoms with van der Waals surface area (Å²) >= 11 is 0. The van der Waals surface area contributed by atoms with Crippen molar-refractivity contribution in [2.45, 2.75) is 11.8 Å². The Balaban J connectivity index is 1.49. The van der Waals surface area contributed by atoms with Crippen LogP contribution in [0.5, 0.6) is 0 Å². The number of aryl methyl sites for hydroxylation is 1. The van der Waals surface area contributed by atoms with E-state index in [1.807, 2.05) is 11.5 Å². The second kappa shape index (κ2) is 8.11. The zero-order valence-electron chi connectivity index (χ0n) is 16.1. The standard InChI is InChI=1S/C20H16F2N6O2S/c1-13-23-8-9-28(13)20-11-19(24-12-25-20)26-14-2-4-15(5-3-14)27-31(29,30)16-6-7-17(21)18(22)10-16/h2-12,27H,1H3,(H,24,25,26). The lowest BCUT2D eigenvalue weighted by Gasteiger charge is -2.11. The number of rotatable bonds is 6. The molecule has 2 heterocycles. The number of benzene rings is 2. The third-order valence-corrected chi connectivity index (χ3v) is 5.72. The molecule has 0 saturated heterocycles. The summed E-state index contributed by atoms with van der Waals surface area (Å²) in [6.07, 6.45) is 4.88. The van der Waals surface area contributed by atoms with E-state index in [9.17, 15) is 17.2 Å². The summed E-state index contributed by atoms with van der Waals surface area (Å²) in [7, 11) is -4.07. The van der Waals surface area contributed by atoms with Gasteiger partial charge in [0.1, 0.15) is 23.8 Å². The van der Waals surface area contributed by atoms with Crippen molar-refractivity contribution in [2.75, 3.05) is 10.0 Å². The van der Waals surface area contributed by atoms with Crippen molar-refractivity contribution >= 4 is 27.2 Å². The van der Waals surface area contributed by atoms with Gasteiger partial charge in [-0.2, -0.15) is 0 Å². The van der Waals surface area contributed by atoms with E-state index in [1.54, 1.807) is 30.6 Å². The number of halogens is 2. The van der Waals surface area contributed by atoms with Crippen LogP contribution in [0.3, 0.4) is 0 Å². The van der Waals surface area contributed by atoms with Gasteiger partial charge in [-0.15, -0.1) is 0 Å². The molecule has 0 bridgehead atoms. The summed E-state index contributed by atoms with van der Waals surface area (Å²) in [5.41, 5.74) is 0.912. The maximum Gasteiger partial charge on any atom is 0.261 e. The summed E-state index contributed by atoms with van der Waals surface area (Å²) in [5.74, 6) is -0.401. The van der Waals surface area contributed by atoms with Gasteiger partial charge in [-0.3, -0.25) is 9.29 Å². The molecule has 11 heteroatoms. The van der Waals surface area contributed by atoms with Gasteiger partial charge in [0.25, 0.3) is 10.0 Å². The van der Waals surface area contributed by atoms with Gasteiger partial charge in [-0.05, 0) is 49.4 Å². The average Bonchev–Trinajstić information content (AvgIpc) is 3.17. The van der Waals surface area contributed by atoms with Crippen LogP contribution in [0.1, 0.15) is 5.82 Å². The fraction of sp³-hybridized carbons (Fsp3) is 0.0500. The minimum atomic E-state index is -4.07. The van der Waals surface area contributed by atoms with Crippen LogP contribution in [0.25, 0.3) is 5.82 Å². The van der Waals surface area contributed by atoms with E-state index in [2.05, 4.69) is 25.0 Å². The van der Waals surface area contributed by atoms with Crippen LogP contribution in [-0.2, 0) is 10.0 Å². The molecule has 0 aliphatic rings. The normalized spacial score (nSPS) is 11.3. The Morgan fingerprint density at radius 2 is 1.65 bits per heavy atom. The monoisotopic (exact) mass is 442 g/mol. The number of nitrogens with zero attached hydrogens (tertiary/aromatic N) is 4. The topological polar surface area (TPSA) is 102 Å². The van der Waals surface area contributed by atoms with Gasteiger partial charge in [0.05, 0.1) is 4.90 Å². The Labute approximate surface area is 176 Å². The number of imidazole rings is 1. The predicted octanol–water partition coefficient (Wildman–Crippen LogP) is 3.79. The van der Waals surface area contributed by atoms with Crippen LogP contribution < -0.4 is 10.0 Å². The van der Waals surface area contributed by atoms with E-state index in [0.29, 0.717) is 23.4 Å². The zero-order valence-corrected chi connectivity index (χ0v) is 16.9. The number of aromatic nitrogens is 4. The summed E-state index contributed by atoms with van der Waals surface area (Å²) in [4.78, 5) is 12.2. The molecule has 31 heavy (non-hydrogen) atoms. The molecule has 0 radical (unpaired) electrons. The lowest BCUT2D eigenvalue weighted by molar-refractivity contribution is 0.504. The number of nitrogens with one attached hydrogen (secondary N) is 2. The second-order valence-electron chi connectivity index (χ2n) is 6.49. The molecular formula is C20H16F2N6O2S. The maximum atomic E-state index is 13.4. The smallest absolute Gasteiger partial charge is 0.261 e. The van der Waals surface area contributed by atoms with E-state index in [-0.39, 0.29) is 10.6 Å². The van der Waals surface area contributed by atoms with Gasteiger partial charge in [0, 0.05) is 29.8 Å². The molecule has 0 saturated carbocycles. The Hall–Kier alpha value is -3.86. The largest absolute Gasteiger partial charge is 0.340 e. The highest BCUT2D eigenvalue weighted by Crippen LogP contribution is 2.22. The van der Waals surface area contributed by atoms with Crippen molar-refractivity contribution in [3.63, 3.8) is 0 Å². The van der Waals surface area contributed by atoms with Crippen LogP contribution in [0, 0.1) is 18.6 Å². The average molecular weight is 442 g/mol. The molecule has 0 atom stereocenters. The van der Waals surface area contributed by atoms with E-state index in [0.717, 1.165) is 18.0 Å². The van der Waals surface area contributed by atoms with Crippen LogP contribution >= 0.6 is 0 Å². The minimum Gasteiger partial charge on any atom is -0.340 e. The third kappa shape index (κ3) is 4.51. The molecule has 0 spiro atoms. The number of hydrogen-bond donors (Lipinski definition) is 2. The van der Waals surface area contributed by atoms with Gasteiger partial charge in [0.15, 0.2) is 11.6 Å². The van der Waals surface area contributed by atoms with Gasteiger partial charge < -0.3 is 5.32 Å². The summed E-state index contributed by atoms with van der Waals surface area (Å²) in [6.45, 7) is 1.86. The molecule has 0 fully saturated rings. The highest BCUT2D eigenvalue weighted by molar-refractivity contribution is 7.92. The van der Waals surface area contributed by atoms with Crippen LogP contribution in [0.15, 0.2) is 72.1 Å². The van der Waals surface area contributed by atoms with Crippen molar-refractivity contribution in [3.8, 4) is 5.82 Å². The van der Waals surface area contributed by atoms with Gasteiger partial charge in [-0.25, -0.2) is 32.2 Å². The first-order chi connectivity index (χ1) is 14.8. The fourth-order valence-electron chi connectivity index (χ4n) is 2.79. The van der Waals surface area contributed by atoms with Gasteiger partial charge >= 0.3 is 0 Å². The Morgan fingerprint density at radius 3 is 2.32 bits per heavy atom. The number of anilines is 3. The van der Waals surface area contributed by atoms with Crippen molar-refractivity contribution in [2.24, 2.45) is 0 Å². The highest BCUT2D eigenvalue weighted by atomic mass is 32.2. The highest BCUT2D eigenvalue weighted by Gasteiger charge is 2.16. The van der Waals surface area contributed by atoms with Crippen LogP contribution in [0.2, 0.25) is 0 Å². The van der Waals surface area contributed by atoms with E-state index < -0.39 is 21.7 Å². The van der Waals surface area contributed by atoms with Gasteiger partial charge in [0.2, 0.25) is 0 Å². The zero-order chi connectivity index (χ0) is 22.0. The quantitative estimate of drug-likeness (QED) is 0.471. The Bertz CT molecular complexity index is 1340. The fourth-order valence-corrected chi connectivity index (χ4v) is 3.86. The Morgan fingerprint density at radius 1 is 0.903 bits per heavy atom. The maximum absolute atomic E-state index is 13.4. The van der Waals surface area contributed by atoms with Crippen LogP contribution in [-0.4, -0.2) is 27.9 Å². The summed E-state index contributed by atoms with van der Waals surface area (Å²) in [5, 5.41) is 3.11. The lowest BCUT2D eigenvalue weighted by Crippen LogP contribution is -2.13. The van der Waals surface area contributed by atoms with Crippen molar-refractivity contribution < 1.29 is 17.2 Å². The van der Waals surface area contributed by atoms with Gasteiger partial charge in [-0.1, -0.05) is 0 Å². The Kier molecular flexibility index (Phi) is 5.34. The molecule has 0 amide bonds. The van der Waals surface area contributed by atoms with Crippen molar-refractivity contribution in [1.82, 2.24) is 19.5 Å². The SMILES string of the molecule is Cc1nccn1-c1cc(Nc2ccc(NS(=O)(=O)c3ccc(F)c(F)c3)cc2)ncn1. The molecule has 2 aromatic heterocycles. The van der Waals surface area contributed by atoms with E-state index in [1.165, 1.54) is 18.5 Å². The second-order valence-corrected chi connectivity index (χ2v) is 8.17. The number of hydrogen-bond acceptors (Lipinski definition) is 6. The molecule has 2 aromatic carbocycles. The molecule has 158 valence electrons.